The van der Waals surface area contributed by atoms with Crippen LogP contribution >= 0.6 is 0 Å². The van der Waals surface area contributed by atoms with E-state index in [9.17, 15) is 36.2 Å². The van der Waals surface area contributed by atoms with Crippen LogP contribution < -0.4 is 5.56 Å². The first-order valence-corrected chi connectivity index (χ1v) is 10.1. The lowest BCUT2D eigenvalue weighted by Crippen LogP contribution is -2.20. The fourth-order valence-electron chi connectivity index (χ4n) is 3.96. The summed E-state index contributed by atoms with van der Waals surface area (Å²) in [6.45, 7) is -0.0735. The summed E-state index contributed by atoms with van der Waals surface area (Å²) in [5, 5.41) is 10.7. The third kappa shape index (κ3) is 3.95. The lowest BCUT2D eigenvalue weighted by atomic mass is 10.00. The summed E-state index contributed by atoms with van der Waals surface area (Å²) in [7, 11) is 0. The summed E-state index contributed by atoms with van der Waals surface area (Å²) >= 11 is 0. The molecule has 6 nitrogen and oxygen atoms in total. The molecule has 0 radical (unpaired) electrons. The standard InChI is InChI=1S/C23H14F6N4O2/c24-12-6-16(25)19(17(26)7-12)21(34)15-8-30-20-14(15)2-4-33(22(20)35)10-13-9-32-3-1-11(23(27,28)29)5-18(32)31-13/h1-9,21,30,34H,10H2. The molecule has 0 saturated carbocycles. The number of aromatic nitrogens is 4. The zero-order chi connectivity index (χ0) is 25.1. The predicted molar refractivity (Wildman–Crippen MR) is 112 cm³/mol. The van der Waals surface area contributed by atoms with Gasteiger partial charge in [0.15, 0.2) is 0 Å². The van der Waals surface area contributed by atoms with Crippen molar-refractivity contribution in [3.63, 3.8) is 0 Å². The second-order valence-corrected chi connectivity index (χ2v) is 7.88. The molecule has 1 aromatic carbocycles. The van der Waals surface area contributed by atoms with Crippen LogP contribution in [-0.2, 0) is 12.7 Å². The van der Waals surface area contributed by atoms with E-state index >= 15 is 0 Å². The normalized spacial score (nSPS) is 13.1. The quantitative estimate of drug-likeness (QED) is 0.362. The number of aromatic amines is 1. The number of halogens is 6. The minimum Gasteiger partial charge on any atom is -0.383 e. The van der Waals surface area contributed by atoms with Gasteiger partial charge in [-0.15, -0.1) is 0 Å². The molecular formula is C23H14F6N4O2. The maximum absolute atomic E-state index is 14.1. The predicted octanol–water partition coefficient (Wildman–Crippen LogP) is 4.54. The molecule has 5 rings (SSSR count). The van der Waals surface area contributed by atoms with Crippen molar-refractivity contribution in [2.45, 2.75) is 18.8 Å². The van der Waals surface area contributed by atoms with E-state index in [0.29, 0.717) is 17.8 Å². The Morgan fingerprint density at radius 2 is 1.77 bits per heavy atom. The van der Waals surface area contributed by atoms with E-state index in [1.807, 2.05) is 0 Å². The number of nitrogens with one attached hydrogen (secondary N) is 1. The zero-order valence-electron chi connectivity index (χ0n) is 17.4. The fourth-order valence-corrected chi connectivity index (χ4v) is 3.96. The van der Waals surface area contributed by atoms with E-state index in [-0.39, 0.29) is 28.7 Å². The maximum atomic E-state index is 14.1. The molecule has 4 heterocycles. The van der Waals surface area contributed by atoms with Gasteiger partial charge in [-0.3, -0.25) is 4.79 Å². The molecular weight excluding hydrogens is 478 g/mol. The number of pyridine rings is 2. The Morgan fingerprint density at radius 1 is 1.06 bits per heavy atom. The maximum Gasteiger partial charge on any atom is 0.416 e. The molecule has 180 valence electrons. The molecule has 0 amide bonds. The smallest absolute Gasteiger partial charge is 0.383 e. The average Bonchev–Trinajstić information content (AvgIpc) is 3.37. The van der Waals surface area contributed by atoms with Gasteiger partial charge in [-0.05, 0) is 18.2 Å². The van der Waals surface area contributed by atoms with E-state index in [1.54, 1.807) is 0 Å². The van der Waals surface area contributed by atoms with Crippen LogP contribution in [-0.4, -0.2) is 24.0 Å². The highest BCUT2D eigenvalue weighted by Gasteiger charge is 2.31. The summed E-state index contributed by atoms with van der Waals surface area (Å²) in [5.74, 6) is -3.70. The van der Waals surface area contributed by atoms with Crippen molar-refractivity contribution in [1.29, 1.82) is 0 Å². The van der Waals surface area contributed by atoms with E-state index in [2.05, 4.69) is 9.97 Å². The third-order valence-corrected chi connectivity index (χ3v) is 5.63. The number of nitrogens with zero attached hydrogens (tertiary/aromatic N) is 3. The summed E-state index contributed by atoms with van der Waals surface area (Å²) in [6.07, 6.45) is -1.07. The average molecular weight is 492 g/mol. The zero-order valence-corrected chi connectivity index (χ0v) is 17.4. The van der Waals surface area contributed by atoms with Crippen LogP contribution in [0.2, 0.25) is 0 Å². The Balaban J connectivity index is 1.49. The van der Waals surface area contributed by atoms with Crippen LogP contribution in [0.5, 0.6) is 0 Å². The number of rotatable bonds is 4. The van der Waals surface area contributed by atoms with Crippen molar-refractivity contribution in [1.82, 2.24) is 18.9 Å². The molecule has 0 spiro atoms. The third-order valence-electron chi connectivity index (χ3n) is 5.63. The molecule has 1 unspecified atom stereocenters. The summed E-state index contributed by atoms with van der Waals surface area (Å²) in [6, 6.07) is 4.12. The molecule has 0 fully saturated rings. The highest BCUT2D eigenvalue weighted by molar-refractivity contribution is 5.83. The lowest BCUT2D eigenvalue weighted by molar-refractivity contribution is -0.137. The van der Waals surface area contributed by atoms with Gasteiger partial charge in [-0.2, -0.15) is 13.2 Å². The Kier molecular flexibility index (Phi) is 5.20. The summed E-state index contributed by atoms with van der Waals surface area (Å²) in [4.78, 5) is 19.8. The lowest BCUT2D eigenvalue weighted by Gasteiger charge is -2.13. The first kappa shape index (κ1) is 22.7. The van der Waals surface area contributed by atoms with E-state index in [1.165, 1.54) is 39.8 Å². The molecule has 0 aliphatic rings. The minimum atomic E-state index is -4.52. The van der Waals surface area contributed by atoms with Crippen molar-refractivity contribution >= 4 is 16.6 Å². The van der Waals surface area contributed by atoms with Crippen molar-refractivity contribution in [3.8, 4) is 0 Å². The number of alkyl halides is 3. The Labute approximate surface area is 191 Å². The molecule has 0 saturated heterocycles. The highest BCUT2D eigenvalue weighted by Crippen LogP contribution is 2.32. The molecule has 1 atom stereocenters. The number of aliphatic hydroxyl groups excluding tert-OH is 1. The van der Waals surface area contributed by atoms with Gasteiger partial charge >= 0.3 is 6.18 Å². The van der Waals surface area contributed by atoms with Gasteiger partial charge in [0.2, 0.25) is 0 Å². The number of hydrogen-bond acceptors (Lipinski definition) is 3. The van der Waals surface area contributed by atoms with Crippen LogP contribution in [0.15, 0.2) is 59.9 Å². The Hall–Kier alpha value is -4.06. The minimum absolute atomic E-state index is 0.000989. The number of H-pyrrole nitrogens is 1. The number of aliphatic hydroxyl groups is 1. The Morgan fingerprint density at radius 3 is 2.46 bits per heavy atom. The van der Waals surface area contributed by atoms with Crippen molar-refractivity contribution in [3.05, 3.63) is 105 Å². The monoisotopic (exact) mass is 492 g/mol. The van der Waals surface area contributed by atoms with Gasteiger partial charge in [-0.1, -0.05) is 0 Å². The second-order valence-electron chi connectivity index (χ2n) is 7.88. The number of hydrogen-bond donors (Lipinski definition) is 2. The molecule has 4 aromatic heterocycles. The SMILES string of the molecule is O=c1c2[nH]cc(C(O)c3c(F)cc(F)cc3F)c2ccn1Cc1cn2ccc(C(F)(F)F)cc2n1. The van der Waals surface area contributed by atoms with E-state index < -0.39 is 46.4 Å². The molecule has 0 aliphatic heterocycles. The van der Waals surface area contributed by atoms with Gasteiger partial charge in [0.1, 0.15) is 34.7 Å². The first-order chi connectivity index (χ1) is 16.5. The molecule has 12 heteroatoms. The summed E-state index contributed by atoms with van der Waals surface area (Å²) < 4.78 is 82.9. The van der Waals surface area contributed by atoms with E-state index in [4.69, 9.17) is 0 Å². The number of benzene rings is 1. The van der Waals surface area contributed by atoms with Crippen LogP contribution in [0.1, 0.15) is 28.5 Å². The van der Waals surface area contributed by atoms with Crippen LogP contribution in [0.3, 0.4) is 0 Å². The molecule has 0 aliphatic carbocycles. The molecule has 35 heavy (non-hydrogen) atoms. The molecule has 2 N–H and O–H groups in total. The first-order valence-electron chi connectivity index (χ1n) is 10.1. The van der Waals surface area contributed by atoms with Gasteiger partial charge in [0, 0.05) is 47.9 Å². The van der Waals surface area contributed by atoms with E-state index in [0.717, 1.165) is 12.1 Å². The fraction of sp³-hybridized carbons (Fsp3) is 0.130. The highest BCUT2D eigenvalue weighted by atomic mass is 19.4. The van der Waals surface area contributed by atoms with Crippen molar-refractivity contribution < 1.29 is 31.4 Å². The molecule has 5 aromatic rings. The topological polar surface area (TPSA) is 75.3 Å². The van der Waals surface area contributed by atoms with Crippen molar-refractivity contribution in [2.24, 2.45) is 0 Å². The largest absolute Gasteiger partial charge is 0.416 e. The molecule has 0 bridgehead atoms. The van der Waals surface area contributed by atoms with Crippen LogP contribution in [0, 0.1) is 17.5 Å². The second kappa shape index (κ2) is 8.01. The van der Waals surface area contributed by atoms with Gasteiger partial charge < -0.3 is 19.1 Å². The van der Waals surface area contributed by atoms with Crippen molar-refractivity contribution in [2.75, 3.05) is 0 Å². The van der Waals surface area contributed by atoms with Gasteiger partial charge in [0.05, 0.1) is 23.4 Å². The van der Waals surface area contributed by atoms with Crippen LogP contribution in [0.25, 0.3) is 16.6 Å². The van der Waals surface area contributed by atoms with Crippen LogP contribution in [0.4, 0.5) is 26.3 Å². The van der Waals surface area contributed by atoms with Gasteiger partial charge in [0.25, 0.3) is 5.56 Å². The van der Waals surface area contributed by atoms with Gasteiger partial charge in [-0.25, -0.2) is 18.2 Å². The number of imidazole rings is 1. The summed E-state index contributed by atoms with van der Waals surface area (Å²) in [5.41, 5.74) is -1.79. The number of fused-ring (bicyclic) bond motifs is 2. The Bertz CT molecular complexity index is 1630.